The lowest BCUT2D eigenvalue weighted by Crippen LogP contribution is -2.20. The quantitative estimate of drug-likeness (QED) is 0.723. The SMILES string of the molecule is Cc1ccccc1OCC(=O)Nc1ccsc1-c1nc(C2CC2)no1. The van der Waals surface area contributed by atoms with Gasteiger partial charge in [0, 0.05) is 5.92 Å². The van der Waals surface area contributed by atoms with Crippen LogP contribution in [0.1, 0.15) is 30.1 Å². The van der Waals surface area contributed by atoms with E-state index in [2.05, 4.69) is 15.5 Å². The van der Waals surface area contributed by atoms with E-state index in [1.807, 2.05) is 42.6 Å². The molecule has 0 bridgehead atoms. The number of hydrogen-bond donors (Lipinski definition) is 1. The molecule has 0 spiro atoms. The Hall–Kier alpha value is -2.67. The van der Waals surface area contributed by atoms with Gasteiger partial charge in [0.25, 0.3) is 11.8 Å². The summed E-state index contributed by atoms with van der Waals surface area (Å²) in [6, 6.07) is 9.42. The van der Waals surface area contributed by atoms with Crippen molar-refractivity contribution in [2.24, 2.45) is 0 Å². The summed E-state index contributed by atoms with van der Waals surface area (Å²) in [5.74, 6) is 2.10. The molecule has 0 unspecified atom stereocenters. The van der Waals surface area contributed by atoms with E-state index in [-0.39, 0.29) is 12.5 Å². The first kappa shape index (κ1) is 15.8. The van der Waals surface area contributed by atoms with Crippen LogP contribution in [0.3, 0.4) is 0 Å². The number of para-hydroxylation sites is 1. The van der Waals surface area contributed by atoms with E-state index in [1.54, 1.807) is 0 Å². The Balaban J connectivity index is 1.41. The Morgan fingerprint density at radius 3 is 3.00 bits per heavy atom. The van der Waals surface area contributed by atoms with Crippen LogP contribution in [-0.2, 0) is 4.79 Å². The molecule has 1 aromatic carbocycles. The summed E-state index contributed by atoms with van der Waals surface area (Å²) in [7, 11) is 0. The predicted molar refractivity (Wildman–Crippen MR) is 94.9 cm³/mol. The summed E-state index contributed by atoms with van der Waals surface area (Å²) < 4.78 is 10.9. The maximum atomic E-state index is 12.2. The van der Waals surface area contributed by atoms with E-state index in [9.17, 15) is 4.79 Å². The molecule has 0 atom stereocenters. The van der Waals surface area contributed by atoms with Gasteiger partial charge in [0.15, 0.2) is 12.4 Å². The third-order valence-electron chi connectivity index (χ3n) is 3.97. The highest BCUT2D eigenvalue weighted by Crippen LogP contribution is 2.40. The van der Waals surface area contributed by atoms with Gasteiger partial charge in [-0.3, -0.25) is 4.79 Å². The van der Waals surface area contributed by atoms with Gasteiger partial charge in [0.05, 0.1) is 5.69 Å². The van der Waals surface area contributed by atoms with Crippen molar-refractivity contribution in [1.82, 2.24) is 10.1 Å². The average Bonchev–Trinajstić information content (AvgIpc) is 3.16. The first-order chi connectivity index (χ1) is 12.2. The standard InChI is InChI=1S/C18H17N3O3S/c1-11-4-2-3-5-14(11)23-10-15(22)19-13-8-9-25-16(13)18-20-17(21-24-18)12-6-7-12/h2-5,8-9,12H,6-7,10H2,1H3,(H,19,22). The number of carbonyl (C=O) groups is 1. The molecule has 1 aliphatic rings. The molecule has 3 aromatic rings. The van der Waals surface area contributed by atoms with Crippen LogP contribution in [0.25, 0.3) is 10.8 Å². The number of aromatic nitrogens is 2. The zero-order valence-corrected chi connectivity index (χ0v) is 14.5. The van der Waals surface area contributed by atoms with E-state index in [0.717, 1.165) is 29.1 Å². The topological polar surface area (TPSA) is 77.2 Å². The highest BCUT2D eigenvalue weighted by atomic mass is 32.1. The zero-order chi connectivity index (χ0) is 17.2. The normalized spacial score (nSPS) is 13.6. The van der Waals surface area contributed by atoms with Gasteiger partial charge in [0.1, 0.15) is 10.6 Å². The number of ether oxygens (including phenoxy) is 1. The molecule has 2 heterocycles. The van der Waals surface area contributed by atoms with Gasteiger partial charge >= 0.3 is 0 Å². The van der Waals surface area contributed by atoms with E-state index in [4.69, 9.17) is 9.26 Å². The summed E-state index contributed by atoms with van der Waals surface area (Å²) in [5.41, 5.74) is 1.65. The Kier molecular flexibility index (Phi) is 4.23. The highest BCUT2D eigenvalue weighted by molar-refractivity contribution is 7.14. The minimum absolute atomic E-state index is 0.0582. The van der Waals surface area contributed by atoms with E-state index < -0.39 is 0 Å². The number of carbonyl (C=O) groups excluding carboxylic acids is 1. The molecule has 128 valence electrons. The van der Waals surface area contributed by atoms with Crippen molar-refractivity contribution in [1.29, 1.82) is 0 Å². The second-order valence-electron chi connectivity index (χ2n) is 6.00. The Bertz CT molecular complexity index is 898. The highest BCUT2D eigenvalue weighted by Gasteiger charge is 2.29. The summed E-state index contributed by atoms with van der Waals surface area (Å²) in [5, 5.41) is 8.76. The molecule has 1 fully saturated rings. The van der Waals surface area contributed by atoms with Crippen LogP contribution in [0.2, 0.25) is 0 Å². The number of aryl methyl sites for hydroxylation is 1. The lowest BCUT2D eigenvalue weighted by Gasteiger charge is -2.09. The Labute approximate surface area is 148 Å². The molecule has 2 aromatic heterocycles. The third kappa shape index (κ3) is 3.56. The maximum Gasteiger partial charge on any atom is 0.270 e. The molecule has 0 aliphatic heterocycles. The fourth-order valence-electron chi connectivity index (χ4n) is 2.46. The van der Waals surface area contributed by atoms with Crippen LogP contribution >= 0.6 is 11.3 Å². The van der Waals surface area contributed by atoms with E-state index in [0.29, 0.717) is 23.2 Å². The second-order valence-corrected chi connectivity index (χ2v) is 6.91. The summed E-state index contributed by atoms with van der Waals surface area (Å²) in [4.78, 5) is 17.4. The van der Waals surface area contributed by atoms with Crippen molar-refractivity contribution in [2.45, 2.75) is 25.7 Å². The van der Waals surface area contributed by atoms with Crippen LogP contribution in [0.15, 0.2) is 40.2 Å². The van der Waals surface area contributed by atoms with Gasteiger partial charge in [-0.2, -0.15) is 4.98 Å². The fraction of sp³-hybridized carbons (Fsp3) is 0.278. The first-order valence-electron chi connectivity index (χ1n) is 8.10. The van der Waals surface area contributed by atoms with Crippen LogP contribution in [0, 0.1) is 6.92 Å². The number of benzene rings is 1. The summed E-state index contributed by atoms with van der Waals surface area (Å²) in [6.45, 7) is 1.88. The van der Waals surface area contributed by atoms with E-state index >= 15 is 0 Å². The molecule has 25 heavy (non-hydrogen) atoms. The van der Waals surface area contributed by atoms with Crippen molar-refractivity contribution in [2.75, 3.05) is 11.9 Å². The molecule has 0 saturated heterocycles. The van der Waals surface area contributed by atoms with Crippen molar-refractivity contribution in [3.05, 3.63) is 47.1 Å². The van der Waals surface area contributed by atoms with Gasteiger partial charge in [-0.05, 0) is 42.8 Å². The number of nitrogens with zero attached hydrogens (tertiary/aromatic N) is 2. The molecule has 0 radical (unpaired) electrons. The largest absolute Gasteiger partial charge is 0.483 e. The fourth-order valence-corrected chi connectivity index (χ4v) is 3.23. The smallest absolute Gasteiger partial charge is 0.270 e. The predicted octanol–water partition coefficient (Wildman–Crippen LogP) is 4.00. The van der Waals surface area contributed by atoms with Crippen LogP contribution < -0.4 is 10.1 Å². The number of hydrogen-bond acceptors (Lipinski definition) is 6. The van der Waals surface area contributed by atoms with Gasteiger partial charge in [-0.15, -0.1) is 11.3 Å². The molecular formula is C18H17N3O3S. The van der Waals surface area contributed by atoms with Crippen molar-refractivity contribution in [3.8, 4) is 16.5 Å². The van der Waals surface area contributed by atoms with Crippen LogP contribution in [0.4, 0.5) is 5.69 Å². The Morgan fingerprint density at radius 2 is 2.20 bits per heavy atom. The third-order valence-corrected chi connectivity index (χ3v) is 4.87. The zero-order valence-electron chi connectivity index (χ0n) is 13.7. The van der Waals surface area contributed by atoms with Crippen molar-refractivity contribution in [3.63, 3.8) is 0 Å². The Morgan fingerprint density at radius 1 is 1.36 bits per heavy atom. The molecule has 1 aliphatic carbocycles. The molecule has 1 N–H and O–H groups in total. The maximum absolute atomic E-state index is 12.2. The lowest BCUT2D eigenvalue weighted by molar-refractivity contribution is -0.118. The molecule has 1 amide bonds. The number of amides is 1. The van der Waals surface area contributed by atoms with Crippen LogP contribution in [-0.4, -0.2) is 22.7 Å². The summed E-state index contributed by atoms with van der Waals surface area (Å²) in [6.07, 6.45) is 2.23. The number of thiophene rings is 1. The number of anilines is 1. The number of rotatable bonds is 6. The van der Waals surface area contributed by atoms with Crippen molar-refractivity contribution >= 4 is 22.9 Å². The lowest BCUT2D eigenvalue weighted by atomic mass is 10.2. The average molecular weight is 355 g/mol. The second kappa shape index (κ2) is 6.68. The molecule has 7 heteroatoms. The van der Waals surface area contributed by atoms with Gasteiger partial charge < -0.3 is 14.6 Å². The molecule has 6 nitrogen and oxygen atoms in total. The minimum atomic E-state index is -0.232. The minimum Gasteiger partial charge on any atom is -0.483 e. The van der Waals surface area contributed by atoms with E-state index in [1.165, 1.54) is 11.3 Å². The van der Waals surface area contributed by atoms with Gasteiger partial charge in [-0.25, -0.2) is 0 Å². The van der Waals surface area contributed by atoms with Gasteiger partial charge in [0.2, 0.25) is 0 Å². The first-order valence-corrected chi connectivity index (χ1v) is 8.98. The molecule has 4 rings (SSSR count). The summed E-state index contributed by atoms with van der Waals surface area (Å²) >= 11 is 1.46. The monoisotopic (exact) mass is 355 g/mol. The van der Waals surface area contributed by atoms with Crippen LogP contribution in [0.5, 0.6) is 5.75 Å². The van der Waals surface area contributed by atoms with Gasteiger partial charge in [-0.1, -0.05) is 23.4 Å². The van der Waals surface area contributed by atoms with Crippen molar-refractivity contribution < 1.29 is 14.1 Å². The molecule has 1 saturated carbocycles. The molecular weight excluding hydrogens is 338 g/mol. The number of nitrogens with one attached hydrogen (secondary N) is 1.